The minimum absolute atomic E-state index is 0.567. The first-order chi connectivity index (χ1) is 5.79. The highest BCUT2D eigenvalue weighted by atomic mass is 32.2. The minimum atomic E-state index is 0.567. The Morgan fingerprint density at radius 2 is 2.42 bits per heavy atom. The summed E-state index contributed by atoms with van der Waals surface area (Å²) < 4.78 is 5.21. The monoisotopic (exact) mass is 198 g/mol. The maximum atomic E-state index is 5.21. The van der Waals surface area contributed by atoms with Gasteiger partial charge in [0.15, 0.2) is 10.2 Å². The van der Waals surface area contributed by atoms with Crippen LogP contribution in [0.5, 0.6) is 0 Å². The van der Waals surface area contributed by atoms with E-state index in [1.807, 2.05) is 6.26 Å². The van der Waals surface area contributed by atoms with E-state index in [9.17, 15) is 0 Å². The number of hydrogen-bond acceptors (Lipinski definition) is 5. The molecule has 0 radical (unpaired) electrons. The molecule has 0 fully saturated rings. The Balaban J connectivity index is 2.66. The first kappa shape index (κ1) is 7.94. The smallest absolute Gasteiger partial charge is 0.231 e. The molecule has 5 heteroatoms. The second kappa shape index (κ2) is 2.99. The molecule has 12 heavy (non-hydrogen) atoms. The average Bonchev–Trinajstić information content (AvgIpc) is 2.43. The summed E-state index contributed by atoms with van der Waals surface area (Å²) in [5.74, 6) is 0. The number of thiol groups is 1. The van der Waals surface area contributed by atoms with Crippen molar-refractivity contribution in [1.82, 2.24) is 9.97 Å². The van der Waals surface area contributed by atoms with E-state index in [1.165, 1.54) is 11.8 Å². The molecule has 3 nitrogen and oxygen atoms in total. The Hall–Kier alpha value is -0.680. The van der Waals surface area contributed by atoms with Crippen LogP contribution < -0.4 is 0 Å². The number of nitrogens with zero attached hydrogens (tertiary/aromatic N) is 2. The molecular formula is C7H6N2OS2. The summed E-state index contributed by atoms with van der Waals surface area (Å²) in [5.41, 5.74) is 0.597. The lowest BCUT2D eigenvalue weighted by Crippen LogP contribution is -1.82. The fraction of sp³-hybridized carbons (Fsp3) is 0.143. The highest BCUT2D eigenvalue weighted by Gasteiger charge is 2.03. The third-order valence-electron chi connectivity index (χ3n) is 1.42. The van der Waals surface area contributed by atoms with Crippen molar-refractivity contribution in [2.45, 2.75) is 10.2 Å². The maximum absolute atomic E-state index is 5.21. The summed E-state index contributed by atoms with van der Waals surface area (Å²) in [6.07, 6.45) is 3.66. The second-order valence-corrected chi connectivity index (χ2v) is 3.42. The first-order valence-corrected chi connectivity index (χ1v) is 4.96. The number of rotatable bonds is 1. The Morgan fingerprint density at radius 1 is 1.58 bits per heavy atom. The number of fused-ring (bicyclic) bond motifs is 1. The molecule has 0 aromatic carbocycles. The van der Waals surface area contributed by atoms with Gasteiger partial charge >= 0.3 is 0 Å². The highest BCUT2D eigenvalue weighted by Crippen LogP contribution is 2.20. The van der Waals surface area contributed by atoms with E-state index in [4.69, 9.17) is 4.42 Å². The van der Waals surface area contributed by atoms with Gasteiger partial charge in [-0.15, -0.1) is 12.6 Å². The van der Waals surface area contributed by atoms with Crippen molar-refractivity contribution in [3.8, 4) is 0 Å². The number of aromatic nitrogens is 2. The predicted octanol–water partition coefficient (Wildman–Crippen LogP) is 2.23. The van der Waals surface area contributed by atoms with E-state index in [1.54, 1.807) is 12.3 Å². The Morgan fingerprint density at radius 3 is 3.17 bits per heavy atom. The van der Waals surface area contributed by atoms with Gasteiger partial charge in [0.25, 0.3) is 0 Å². The average molecular weight is 198 g/mol. The largest absolute Gasteiger partial charge is 0.432 e. The second-order valence-electron chi connectivity index (χ2n) is 2.20. The van der Waals surface area contributed by atoms with Crippen molar-refractivity contribution in [2.75, 3.05) is 6.26 Å². The van der Waals surface area contributed by atoms with Crippen molar-refractivity contribution in [2.24, 2.45) is 0 Å². The summed E-state index contributed by atoms with van der Waals surface area (Å²) in [7, 11) is 0. The topological polar surface area (TPSA) is 38.9 Å². The summed E-state index contributed by atoms with van der Waals surface area (Å²) in [5, 5.41) is 2.17. The Bertz CT molecular complexity index is 413. The molecule has 2 aromatic rings. The third kappa shape index (κ3) is 1.30. The summed E-state index contributed by atoms with van der Waals surface area (Å²) >= 11 is 5.55. The van der Waals surface area contributed by atoms with Crippen molar-refractivity contribution in [1.29, 1.82) is 0 Å². The van der Waals surface area contributed by atoms with Crippen LogP contribution in [0.3, 0.4) is 0 Å². The number of hydrogen-bond donors (Lipinski definition) is 1. The van der Waals surface area contributed by atoms with Crippen molar-refractivity contribution in [3.05, 3.63) is 12.3 Å². The summed E-state index contributed by atoms with van der Waals surface area (Å²) in [6.45, 7) is 0. The molecule has 0 aliphatic carbocycles. The van der Waals surface area contributed by atoms with Crippen LogP contribution in [0.1, 0.15) is 0 Å². The molecule has 0 aliphatic rings. The predicted molar refractivity (Wildman–Crippen MR) is 50.8 cm³/mol. The van der Waals surface area contributed by atoms with Gasteiger partial charge in [-0.05, 0) is 6.26 Å². The van der Waals surface area contributed by atoms with E-state index >= 15 is 0 Å². The number of furan rings is 1. The number of thioether (sulfide) groups is 1. The molecule has 2 heterocycles. The molecule has 0 atom stereocenters. The standard InChI is InChI=1S/C7H6N2OS2/c1-12-7-8-3-4-2-5(11)10-6(4)9-7/h2-3,11H,1H3. The van der Waals surface area contributed by atoms with Crippen LogP contribution in [0.2, 0.25) is 0 Å². The molecule has 62 valence electrons. The SMILES string of the molecule is CSc1ncc2cc(S)oc2n1. The molecule has 0 spiro atoms. The third-order valence-corrected chi connectivity index (χ3v) is 2.20. The Labute approximate surface area is 79.0 Å². The molecular weight excluding hydrogens is 192 g/mol. The van der Waals surface area contributed by atoms with E-state index < -0.39 is 0 Å². The van der Waals surface area contributed by atoms with Crippen molar-refractivity contribution in [3.63, 3.8) is 0 Å². The lowest BCUT2D eigenvalue weighted by molar-refractivity contribution is 0.504. The van der Waals surface area contributed by atoms with Gasteiger partial charge in [0, 0.05) is 12.3 Å². The highest BCUT2D eigenvalue weighted by molar-refractivity contribution is 7.98. The van der Waals surface area contributed by atoms with Gasteiger partial charge in [-0.25, -0.2) is 4.98 Å². The van der Waals surface area contributed by atoms with Crippen LogP contribution in [0.15, 0.2) is 26.9 Å². The molecule has 0 bridgehead atoms. The maximum Gasteiger partial charge on any atom is 0.231 e. The molecule has 0 amide bonds. The molecule has 0 N–H and O–H groups in total. The lowest BCUT2D eigenvalue weighted by atomic mass is 10.4. The normalized spacial score (nSPS) is 10.8. The van der Waals surface area contributed by atoms with E-state index in [0.29, 0.717) is 16.0 Å². The van der Waals surface area contributed by atoms with Crippen LogP contribution in [-0.2, 0) is 0 Å². The van der Waals surface area contributed by atoms with Gasteiger partial charge in [-0.1, -0.05) is 11.8 Å². The van der Waals surface area contributed by atoms with Crippen molar-refractivity contribution >= 4 is 35.5 Å². The van der Waals surface area contributed by atoms with Crippen LogP contribution in [-0.4, -0.2) is 16.2 Å². The van der Waals surface area contributed by atoms with E-state index in [-0.39, 0.29) is 0 Å². The minimum Gasteiger partial charge on any atom is -0.432 e. The molecule has 2 aromatic heterocycles. The van der Waals surface area contributed by atoms with Gasteiger partial charge in [-0.3, -0.25) is 0 Å². The molecule has 0 aliphatic heterocycles. The van der Waals surface area contributed by atoms with Crippen LogP contribution in [0.25, 0.3) is 11.1 Å². The zero-order chi connectivity index (χ0) is 8.55. The van der Waals surface area contributed by atoms with Gasteiger partial charge in [-0.2, -0.15) is 4.98 Å². The van der Waals surface area contributed by atoms with Crippen molar-refractivity contribution < 1.29 is 4.42 Å². The van der Waals surface area contributed by atoms with Gasteiger partial charge in [0.05, 0.1) is 5.39 Å². The summed E-state index contributed by atoms with van der Waals surface area (Å²) in [6, 6.07) is 1.79. The molecule has 0 saturated carbocycles. The fourth-order valence-electron chi connectivity index (χ4n) is 0.901. The zero-order valence-electron chi connectivity index (χ0n) is 6.31. The first-order valence-electron chi connectivity index (χ1n) is 3.29. The van der Waals surface area contributed by atoms with Gasteiger partial charge < -0.3 is 4.42 Å². The van der Waals surface area contributed by atoms with Crippen LogP contribution >= 0.6 is 24.4 Å². The van der Waals surface area contributed by atoms with Gasteiger partial charge in [0.1, 0.15) is 0 Å². The Kier molecular flexibility index (Phi) is 1.98. The zero-order valence-corrected chi connectivity index (χ0v) is 8.02. The van der Waals surface area contributed by atoms with Gasteiger partial charge in [0.2, 0.25) is 5.71 Å². The molecule has 0 unspecified atom stereocenters. The fourth-order valence-corrected chi connectivity index (χ4v) is 1.46. The molecule has 2 rings (SSSR count). The summed E-state index contributed by atoms with van der Waals surface area (Å²) in [4.78, 5) is 8.25. The lowest BCUT2D eigenvalue weighted by Gasteiger charge is -1.91. The molecule has 0 saturated heterocycles. The van der Waals surface area contributed by atoms with E-state index in [0.717, 1.165) is 5.39 Å². The van der Waals surface area contributed by atoms with Crippen LogP contribution in [0, 0.1) is 0 Å². The van der Waals surface area contributed by atoms with E-state index in [2.05, 4.69) is 22.6 Å². The van der Waals surface area contributed by atoms with Crippen LogP contribution in [0.4, 0.5) is 0 Å². The quantitative estimate of drug-likeness (QED) is 0.433.